The van der Waals surface area contributed by atoms with E-state index in [1.807, 2.05) is 0 Å². The number of ketones is 1. The van der Waals surface area contributed by atoms with Crippen LogP contribution in [0.2, 0.25) is 5.02 Å². The lowest BCUT2D eigenvalue weighted by atomic mass is 10.1. The van der Waals surface area contributed by atoms with Gasteiger partial charge in [0.05, 0.1) is 0 Å². The maximum absolute atomic E-state index is 12.1. The first-order valence-corrected chi connectivity index (χ1v) is 6.05. The maximum atomic E-state index is 12.1. The van der Waals surface area contributed by atoms with Gasteiger partial charge in [-0.1, -0.05) is 29.8 Å². The molecule has 0 aromatic heterocycles. The molecule has 0 amide bonds. The Balaban J connectivity index is 2.00. The molecule has 0 fully saturated rings. The van der Waals surface area contributed by atoms with Crippen molar-refractivity contribution >= 4 is 23.5 Å². The number of halogens is 1. The van der Waals surface area contributed by atoms with E-state index in [9.17, 15) is 9.90 Å². The highest BCUT2D eigenvalue weighted by Gasteiger charge is 2.30. The van der Waals surface area contributed by atoms with Gasteiger partial charge in [0.1, 0.15) is 17.1 Å². The van der Waals surface area contributed by atoms with Crippen molar-refractivity contribution in [2.45, 2.75) is 0 Å². The van der Waals surface area contributed by atoms with E-state index in [1.54, 1.807) is 42.5 Å². The van der Waals surface area contributed by atoms with Crippen molar-refractivity contribution in [2.24, 2.45) is 0 Å². The van der Waals surface area contributed by atoms with Gasteiger partial charge < -0.3 is 9.84 Å². The lowest BCUT2D eigenvalue weighted by Crippen LogP contribution is -1.98. The van der Waals surface area contributed by atoms with Crippen molar-refractivity contribution in [1.29, 1.82) is 0 Å². The number of rotatable bonds is 1. The number of ether oxygens (including phenoxy) is 1. The Hall–Kier alpha value is -2.26. The van der Waals surface area contributed by atoms with Crippen LogP contribution in [0.4, 0.5) is 0 Å². The smallest absolute Gasteiger partial charge is 0.235 e. The van der Waals surface area contributed by atoms with Crippen LogP contribution < -0.4 is 4.74 Å². The number of carbonyl (C=O) groups excluding carboxylic acids is 1. The number of Topliss-reactive ketones (excluding diaryl/α,β-unsaturated/α-hetero) is 1. The van der Waals surface area contributed by atoms with Gasteiger partial charge in [0.2, 0.25) is 5.78 Å². The number of benzene rings is 2. The molecule has 0 spiro atoms. The van der Waals surface area contributed by atoms with Gasteiger partial charge in [-0.25, -0.2) is 0 Å². The van der Waals surface area contributed by atoms with Crippen molar-refractivity contribution in [3.05, 3.63) is 64.4 Å². The Morgan fingerprint density at radius 2 is 1.84 bits per heavy atom. The van der Waals surface area contributed by atoms with Gasteiger partial charge in [-0.2, -0.15) is 0 Å². The summed E-state index contributed by atoms with van der Waals surface area (Å²) >= 11 is 5.80. The monoisotopic (exact) mass is 272 g/mol. The number of allylic oxidation sites excluding steroid dienone is 1. The fraction of sp³-hybridized carbons (Fsp3) is 0. The van der Waals surface area contributed by atoms with Crippen molar-refractivity contribution in [1.82, 2.24) is 0 Å². The topological polar surface area (TPSA) is 46.5 Å². The van der Waals surface area contributed by atoms with Crippen molar-refractivity contribution < 1.29 is 14.6 Å². The molecule has 1 aliphatic heterocycles. The molecule has 0 radical (unpaired) electrons. The number of carbonyl (C=O) groups is 1. The average Bonchev–Trinajstić information content (AvgIpc) is 2.71. The van der Waals surface area contributed by atoms with Gasteiger partial charge in [0, 0.05) is 5.02 Å². The van der Waals surface area contributed by atoms with E-state index < -0.39 is 0 Å². The molecule has 3 nitrogen and oxygen atoms in total. The molecule has 0 unspecified atom stereocenters. The third-order valence-electron chi connectivity index (χ3n) is 2.84. The molecule has 3 rings (SSSR count). The summed E-state index contributed by atoms with van der Waals surface area (Å²) in [5.74, 6) is 0.189. The highest BCUT2D eigenvalue weighted by molar-refractivity contribution is 6.30. The maximum Gasteiger partial charge on any atom is 0.235 e. The summed E-state index contributed by atoms with van der Waals surface area (Å²) in [4.78, 5) is 12.1. The van der Waals surface area contributed by atoms with E-state index in [4.69, 9.17) is 16.3 Å². The summed E-state index contributed by atoms with van der Waals surface area (Å²) in [7, 11) is 0. The van der Waals surface area contributed by atoms with Crippen LogP contribution in [0.15, 0.2) is 48.2 Å². The molecule has 2 aromatic rings. The normalized spacial score (nSPS) is 15.4. The number of phenols is 1. The van der Waals surface area contributed by atoms with E-state index in [2.05, 4.69) is 0 Å². The van der Waals surface area contributed by atoms with Crippen molar-refractivity contribution in [2.75, 3.05) is 0 Å². The fourth-order valence-electron chi connectivity index (χ4n) is 1.93. The Kier molecular flexibility index (Phi) is 2.76. The second kappa shape index (κ2) is 4.44. The molecule has 1 aliphatic rings. The van der Waals surface area contributed by atoms with Crippen LogP contribution in [0.1, 0.15) is 15.9 Å². The van der Waals surface area contributed by atoms with E-state index in [1.165, 1.54) is 6.07 Å². The molecule has 4 heteroatoms. The van der Waals surface area contributed by atoms with Gasteiger partial charge in [-0.05, 0) is 35.9 Å². The Labute approximate surface area is 114 Å². The number of phenolic OH excluding ortho intramolecular Hbond substituents is 1. The third kappa shape index (κ3) is 2.09. The molecular formula is C15H9ClO3. The molecular weight excluding hydrogens is 264 g/mol. The highest BCUT2D eigenvalue weighted by atomic mass is 35.5. The molecule has 0 atom stereocenters. The predicted octanol–water partition coefficient (Wildman–Crippen LogP) is 3.66. The lowest BCUT2D eigenvalue weighted by Gasteiger charge is -1.98. The zero-order valence-corrected chi connectivity index (χ0v) is 10.5. The van der Waals surface area contributed by atoms with Crippen LogP contribution in [0.5, 0.6) is 11.5 Å². The van der Waals surface area contributed by atoms with Crippen molar-refractivity contribution in [3.8, 4) is 11.5 Å². The van der Waals surface area contributed by atoms with Crippen molar-refractivity contribution in [3.63, 3.8) is 0 Å². The summed E-state index contributed by atoms with van der Waals surface area (Å²) in [5, 5.41) is 10.3. The van der Waals surface area contributed by atoms with Crippen LogP contribution in [0, 0.1) is 0 Å². The van der Waals surface area contributed by atoms with Gasteiger partial charge in [0.15, 0.2) is 5.76 Å². The molecule has 0 aliphatic carbocycles. The third-order valence-corrected chi connectivity index (χ3v) is 3.09. The second-order valence-electron chi connectivity index (χ2n) is 4.14. The fourth-order valence-corrected chi connectivity index (χ4v) is 2.05. The zero-order chi connectivity index (χ0) is 13.4. The molecule has 1 heterocycles. The average molecular weight is 273 g/mol. The number of hydrogen-bond acceptors (Lipinski definition) is 3. The molecule has 2 aromatic carbocycles. The number of hydrogen-bond donors (Lipinski definition) is 1. The first-order valence-electron chi connectivity index (χ1n) is 5.67. The molecule has 19 heavy (non-hydrogen) atoms. The minimum absolute atomic E-state index is 0.0676. The van der Waals surface area contributed by atoms with Gasteiger partial charge in [-0.15, -0.1) is 0 Å². The number of aromatic hydroxyl groups is 1. The Morgan fingerprint density at radius 1 is 1.11 bits per heavy atom. The molecule has 1 N–H and O–H groups in total. The summed E-state index contributed by atoms with van der Waals surface area (Å²) in [6.45, 7) is 0. The Bertz CT molecular complexity index is 687. The highest BCUT2D eigenvalue weighted by Crippen LogP contribution is 2.37. The van der Waals surface area contributed by atoms with Gasteiger partial charge in [-0.3, -0.25) is 4.79 Å². The van der Waals surface area contributed by atoms with Crippen LogP contribution in [0.3, 0.4) is 0 Å². The quantitative estimate of drug-likeness (QED) is 0.806. The summed E-state index contributed by atoms with van der Waals surface area (Å²) in [6, 6.07) is 11.8. The summed E-state index contributed by atoms with van der Waals surface area (Å²) in [6.07, 6.45) is 1.62. The van der Waals surface area contributed by atoms with Crippen LogP contribution in [-0.4, -0.2) is 10.9 Å². The summed E-state index contributed by atoms with van der Waals surface area (Å²) in [5.41, 5.74) is 1.02. The summed E-state index contributed by atoms with van der Waals surface area (Å²) < 4.78 is 5.45. The lowest BCUT2D eigenvalue weighted by molar-refractivity contribution is 0.101. The zero-order valence-electron chi connectivity index (χ0n) is 9.76. The first-order chi connectivity index (χ1) is 9.15. The largest absolute Gasteiger partial charge is 0.507 e. The predicted molar refractivity (Wildman–Crippen MR) is 72.5 cm³/mol. The SMILES string of the molecule is O=C1/C(=C/c2ccc(Cl)cc2)Oc2cccc(O)c21. The van der Waals surface area contributed by atoms with Crippen LogP contribution in [-0.2, 0) is 0 Å². The van der Waals surface area contributed by atoms with E-state index in [-0.39, 0.29) is 22.9 Å². The van der Waals surface area contributed by atoms with E-state index in [0.717, 1.165) is 5.56 Å². The molecule has 0 saturated heterocycles. The standard InChI is InChI=1S/C15H9ClO3/c16-10-6-4-9(5-7-10)8-13-15(18)14-11(17)2-1-3-12(14)19-13/h1-8,17H/b13-8-. The van der Waals surface area contributed by atoms with Gasteiger partial charge >= 0.3 is 0 Å². The van der Waals surface area contributed by atoms with Crippen LogP contribution >= 0.6 is 11.6 Å². The number of fused-ring (bicyclic) bond motifs is 1. The second-order valence-corrected chi connectivity index (χ2v) is 4.58. The van der Waals surface area contributed by atoms with Gasteiger partial charge in [0.25, 0.3) is 0 Å². The molecule has 94 valence electrons. The first kappa shape index (κ1) is 11.8. The minimum atomic E-state index is -0.317. The van der Waals surface area contributed by atoms with E-state index >= 15 is 0 Å². The minimum Gasteiger partial charge on any atom is -0.507 e. The van der Waals surface area contributed by atoms with E-state index in [0.29, 0.717) is 10.8 Å². The Morgan fingerprint density at radius 3 is 2.53 bits per heavy atom. The van der Waals surface area contributed by atoms with Crippen LogP contribution in [0.25, 0.3) is 6.08 Å². The molecule has 0 bridgehead atoms. The molecule has 0 saturated carbocycles.